The molecule has 0 heterocycles. The summed E-state index contributed by atoms with van der Waals surface area (Å²) in [6.07, 6.45) is 2.50. The number of rotatable bonds is 6. The molecule has 72 valence electrons. The Morgan fingerprint density at radius 1 is 1.58 bits per heavy atom. The normalized spacial score (nSPS) is 12.6. The van der Waals surface area contributed by atoms with Crippen LogP contribution in [0, 0.1) is 0 Å². The largest absolute Gasteiger partial charge is 0.469 e. The minimum Gasteiger partial charge on any atom is -0.469 e. The van der Waals surface area contributed by atoms with Gasteiger partial charge in [-0.25, -0.2) is 0 Å². The summed E-state index contributed by atoms with van der Waals surface area (Å²) in [4.78, 5) is 10.7. The lowest BCUT2D eigenvalue weighted by atomic mass is 10.2. The molecule has 0 aromatic rings. The Labute approximate surface area is 74.5 Å². The minimum atomic E-state index is -0.124. The van der Waals surface area contributed by atoms with Crippen LogP contribution in [0.1, 0.15) is 33.1 Å². The van der Waals surface area contributed by atoms with Gasteiger partial charge in [-0.15, -0.1) is 0 Å². The number of ether oxygens (including phenoxy) is 1. The van der Waals surface area contributed by atoms with E-state index >= 15 is 0 Å². The summed E-state index contributed by atoms with van der Waals surface area (Å²) >= 11 is 0. The lowest BCUT2D eigenvalue weighted by Crippen LogP contribution is -2.26. The standard InChI is InChI=1S/C9H19NO2/c1-4-8(2)10-7-5-6-9(11)12-3/h8,10H,4-7H2,1-3H3. The highest BCUT2D eigenvalue weighted by Crippen LogP contribution is 1.92. The third-order valence-corrected chi connectivity index (χ3v) is 1.89. The van der Waals surface area contributed by atoms with Crippen LogP contribution in [0.25, 0.3) is 0 Å². The predicted molar refractivity (Wildman–Crippen MR) is 49.0 cm³/mol. The number of methoxy groups -OCH3 is 1. The van der Waals surface area contributed by atoms with Crippen LogP contribution in [0.5, 0.6) is 0 Å². The molecule has 1 unspecified atom stereocenters. The second kappa shape index (κ2) is 7.10. The summed E-state index contributed by atoms with van der Waals surface area (Å²) in [6, 6.07) is 0.544. The fourth-order valence-corrected chi connectivity index (χ4v) is 0.828. The van der Waals surface area contributed by atoms with E-state index in [2.05, 4.69) is 23.9 Å². The van der Waals surface area contributed by atoms with Gasteiger partial charge >= 0.3 is 5.97 Å². The Balaban J connectivity index is 3.15. The number of esters is 1. The van der Waals surface area contributed by atoms with Crippen LogP contribution < -0.4 is 5.32 Å². The first-order chi connectivity index (χ1) is 5.70. The van der Waals surface area contributed by atoms with Crippen molar-refractivity contribution < 1.29 is 9.53 Å². The fraction of sp³-hybridized carbons (Fsp3) is 0.889. The Bertz CT molecular complexity index is 126. The molecule has 0 aromatic carbocycles. The van der Waals surface area contributed by atoms with E-state index in [0.717, 1.165) is 19.4 Å². The Morgan fingerprint density at radius 3 is 2.75 bits per heavy atom. The summed E-state index contributed by atoms with van der Waals surface area (Å²) < 4.78 is 4.52. The summed E-state index contributed by atoms with van der Waals surface area (Å²) in [6.45, 7) is 5.17. The molecule has 1 N–H and O–H groups in total. The van der Waals surface area contributed by atoms with Crippen molar-refractivity contribution in [3.63, 3.8) is 0 Å². The van der Waals surface area contributed by atoms with Crippen LogP contribution in [0.4, 0.5) is 0 Å². The van der Waals surface area contributed by atoms with E-state index in [-0.39, 0.29) is 5.97 Å². The van der Waals surface area contributed by atoms with Crippen molar-refractivity contribution in [2.24, 2.45) is 0 Å². The lowest BCUT2D eigenvalue weighted by molar-refractivity contribution is -0.140. The van der Waals surface area contributed by atoms with Crippen molar-refractivity contribution in [1.82, 2.24) is 5.32 Å². The van der Waals surface area contributed by atoms with Gasteiger partial charge in [0.15, 0.2) is 0 Å². The first-order valence-corrected chi connectivity index (χ1v) is 4.50. The van der Waals surface area contributed by atoms with Crippen LogP contribution in [-0.2, 0) is 9.53 Å². The van der Waals surface area contributed by atoms with E-state index in [1.807, 2.05) is 0 Å². The molecule has 0 amide bonds. The molecular formula is C9H19NO2. The highest BCUT2D eigenvalue weighted by atomic mass is 16.5. The van der Waals surface area contributed by atoms with Crippen molar-refractivity contribution in [1.29, 1.82) is 0 Å². The van der Waals surface area contributed by atoms with E-state index in [1.54, 1.807) is 0 Å². The molecule has 3 nitrogen and oxygen atoms in total. The number of hydrogen-bond acceptors (Lipinski definition) is 3. The molecular weight excluding hydrogens is 154 g/mol. The van der Waals surface area contributed by atoms with E-state index < -0.39 is 0 Å². The van der Waals surface area contributed by atoms with Crippen molar-refractivity contribution in [2.75, 3.05) is 13.7 Å². The Hall–Kier alpha value is -0.570. The zero-order chi connectivity index (χ0) is 9.40. The molecule has 0 bridgehead atoms. The van der Waals surface area contributed by atoms with E-state index in [9.17, 15) is 4.79 Å². The van der Waals surface area contributed by atoms with Crippen LogP contribution in [0.2, 0.25) is 0 Å². The van der Waals surface area contributed by atoms with Crippen LogP contribution >= 0.6 is 0 Å². The maximum atomic E-state index is 10.7. The summed E-state index contributed by atoms with van der Waals surface area (Å²) in [5, 5.41) is 3.30. The Morgan fingerprint density at radius 2 is 2.25 bits per heavy atom. The van der Waals surface area contributed by atoms with Gasteiger partial charge in [-0.1, -0.05) is 6.92 Å². The van der Waals surface area contributed by atoms with Gasteiger partial charge in [-0.3, -0.25) is 4.79 Å². The molecule has 0 fully saturated rings. The fourth-order valence-electron chi connectivity index (χ4n) is 0.828. The lowest BCUT2D eigenvalue weighted by Gasteiger charge is -2.09. The second-order valence-corrected chi connectivity index (χ2v) is 2.94. The number of carbonyl (C=O) groups is 1. The van der Waals surface area contributed by atoms with Crippen LogP contribution in [0.3, 0.4) is 0 Å². The number of carbonyl (C=O) groups excluding carboxylic acids is 1. The van der Waals surface area contributed by atoms with Gasteiger partial charge in [0, 0.05) is 12.5 Å². The zero-order valence-electron chi connectivity index (χ0n) is 8.22. The van der Waals surface area contributed by atoms with Crippen molar-refractivity contribution in [3.8, 4) is 0 Å². The maximum Gasteiger partial charge on any atom is 0.305 e. The molecule has 0 aliphatic heterocycles. The van der Waals surface area contributed by atoms with Crippen molar-refractivity contribution in [2.45, 2.75) is 39.2 Å². The highest BCUT2D eigenvalue weighted by molar-refractivity contribution is 5.68. The molecule has 0 aliphatic carbocycles. The van der Waals surface area contributed by atoms with E-state index in [4.69, 9.17) is 0 Å². The third-order valence-electron chi connectivity index (χ3n) is 1.89. The van der Waals surface area contributed by atoms with Gasteiger partial charge in [0.05, 0.1) is 7.11 Å². The summed E-state index contributed by atoms with van der Waals surface area (Å²) in [5.74, 6) is -0.124. The van der Waals surface area contributed by atoms with Gasteiger partial charge in [0.2, 0.25) is 0 Å². The zero-order valence-corrected chi connectivity index (χ0v) is 8.22. The van der Waals surface area contributed by atoms with Crippen LogP contribution in [-0.4, -0.2) is 25.7 Å². The van der Waals surface area contributed by atoms with Crippen LogP contribution in [0.15, 0.2) is 0 Å². The first-order valence-electron chi connectivity index (χ1n) is 4.50. The van der Waals surface area contributed by atoms with Crippen molar-refractivity contribution in [3.05, 3.63) is 0 Å². The van der Waals surface area contributed by atoms with Gasteiger partial charge in [0.1, 0.15) is 0 Å². The third kappa shape index (κ3) is 6.16. The molecule has 3 heteroatoms. The molecule has 0 radical (unpaired) electrons. The van der Waals surface area contributed by atoms with Crippen molar-refractivity contribution >= 4 is 5.97 Å². The van der Waals surface area contributed by atoms with Gasteiger partial charge in [-0.2, -0.15) is 0 Å². The molecule has 0 spiro atoms. The molecule has 0 rings (SSSR count). The van der Waals surface area contributed by atoms with Gasteiger partial charge < -0.3 is 10.1 Å². The molecule has 1 atom stereocenters. The van der Waals surface area contributed by atoms with Gasteiger partial charge in [0.25, 0.3) is 0 Å². The summed E-state index contributed by atoms with van der Waals surface area (Å²) in [7, 11) is 1.42. The first kappa shape index (κ1) is 11.4. The van der Waals surface area contributed by atoms with E-state index in [1.165, 1.54) is 7.11 Å². The topological polar surface area (TPSA) is 38.3 Å². The summed E-state index contributed by atoms with van der Waals surface area (Å²) in [5.41, 5.74) is 0. The average molecular weight is 173 g/mol. The highest BCUT2D eigenvalue weighted by Gasteiger charge is 2.00. The average Bonchev–Trinajstić information content (AvgIpc) is 2.11. The van der Waals surface area contributed by atoms with Gasteiger partial charge in [-0.05, 0) is 26.3 Å². The Kier molecular flexibility index (Phi) is 6.76. The number of nitrogens with one attached hydrogen (secondary N) is 1. The SMILES string of the molecule is CCC(C)NCCCC(=O)OC. The molecule has 0 aromatic heterocycles. The molecule has 0 saturated carbocycles. The molecule has 0 aliphatic rings. The molecule has 12 heavy (non-hydrogen) atoms. The monoisotopic (exact) mass is 173 g/mol. The quantitative estimate of drug-likeness (QED) is 0.486. The predicted octanol–water partition coefficient (Wildman–Crippen LogP) is 1.33. The van der Waals surface area contributed by atoms with E-state index in [0.29, 0.717) is 12.5 Å². The second-order valence-electron chi connectivity index (χ2n) is 2.94. The smallest absolute Gasteiger partial charge is 0.305 e. The minimum absolute atomic E-state index is 0.124. The molecule has 0 saturated heterocycles. The maximum absolute atomic E-state index is 10.7. The number of hydrogen-bond donors (Lipinski definition) is 1.